The third kappa shape index (κ3) is 2.17. The van der Waals surface area contributed by atoms with Gasteiger partial charge in [-0.25, -0.2) is 0 Å². The van der Waals surface area contributed by atoms with E-state index < -0.39 is 0 Å². The molecule has 1 saturated heterocycles. The van der Waals surface area contributed by atoms with Crippen LogP contribution in [0.3, 0.4) is 0 Å². The molecule has 0 spiro atoms. The average Bonchev–Trinajstić information content (AvgIpc) is 2.43. The van der Waals surface area contributed by atoms with Gasteiger partial charge in [0.1, 0.15) is 0 Å². The van der Waals surface area contributed by atoms with Crippen LogP contribution in [0.1, 0.15) is 11.6 Å². The zero-order valence-corrected chi connectivity index (χ0v) is 11.4. The Morgan fingerprint density at radius 3 is 2.84 bits per heavy atom. The van der Waals surface area contributed by atoms with Gasteiger partial charge in [0.15, 0.2) is 0 Å². The second-order valence-corrected chi connectivity index (χ2v) is 5.29. The second-order valence-electron chi connectivity index (χ2n) is 5.29. The van der Waals surface area contributed by atoms with Crippen LogP contribution < -0.4 is 10.9 Å². The summed E-state index contributed by atoms with van der Waals surface area (Å²) in [5.74, 6) is 0. The Labute approximate surface area is 112 Å². The highest BCUT2D eigenvalue weighted by molar-refractivity contribution is 5.79. The Morgan fingerprint density at radius 2 is 2.05 bits per heavy atom. The monoisotopic (exact) mass is 257 g/mol. The van der Waals surface area contributed by atoms with Crippen molar-refractivity contribution in [2.75, 3.05) is 26.7 Å². The summed E-state index contributed by atoms with van der Waals surface area (Å²) in [6.45, 7) is 2.84. The van der Waals surface area contributed by atoms with Crippen LogP contribution in [0.15, 0.2) is 35.1 Å². The molecule has 1 aliphatic rings. The maximum atomic E-state index is 12.5. The minimum absolute atomic E-state index is 0.103. The van der Waals surface area contributed by atoms with Gasteiger partial charge < -0.3 is 14.8 Å². The number of piperazine rings is 1. The molecule has 2 heterocycles. The molecule has 1 fully saturated rings. The van der Waals surface area contributed by atoms with Gasteiger partial charge in [-0.2, -0.15) is 0 Å². The highest BCUT2D eigenvalue weighted by atomic mass is 16.1. The average molecular weight is 257 g/mol. The van der Waals surface area contributed by atoms with Gasteiger partial charge in [0.2, 0.25) is 0 Å². The van der Waals surface area contributed by atoms with Crippen molar-refractivity contribution in [3.63, 3.8) is 0 Å². The van der Waals surface area contributed by atoms with Crippen LogP contribution in [-0.2, 0) is 7.05 Å². The Kier molecular flexibility index (Phi) is 3.12. The summed E-state index contributed by atoms with van der Waals surface area (Å²) in [4.78, 5) is 14.8. The smallest absolute Gasteiger partial charge is 0.255 e. The first-order valence-corrected chi connectivity index (χ1v) is 6.67. The van der Waals surface area contributed by atoms with E-state index in [0.29, 0.717) is 0 Å². The van der Waals surface area contributed by atoms with Crippen LogP contribution >= 0.6 is 0 Å². The molecule has 1 aromatic heterocycles. The molecular formula is C15H19N3O. The molecule has 3 rings (SSSR count). The standard InChI is InChI=1S/C15H19N3O/c1-17-8-7-16-13(10-17)12-9-11-5-3-4-6-14(11)18(2)15(12)19/h3-6,9,13,16H,7-8,10H2,1-2H3. The van der Waals surface area contributed by atoms with Gasteiger partial charge in [0, 0.05) is 32.2 Å². The van der Waals surface area contributed by atoms with Crippen molar-refractivity contribution < 1.29 is 0 Å². The van der Waals surface area contributed by atoms with Crippen LogP contribution in [0.4, 0.5) is 0 Å². The van der Waals surface area contributed by atoms with E-state index in [2.05, 4.69) is 23.3 Å². The van der Waals surface area contributed by atoms with Gasteiger partial charge in [-0.1, -0.05) is 18.2 Å². The maximum Gasteiger partial charge on any atom is 0.255 e. The summed E-state index contributed by atoms with van der Waals surface area (Å²) in [6, 6.07) is 10.2. The first kappa shape index (κ1) is 12.4. The molecule has 19 heavy (non-hydrogen) atoms. The highest BCUT2D eigenvalue weighted by Gasteiger charge is 2.21. The van der Waals surface area contributed by atoms with E-state index in [1.165, 1.54) is 0 Å². The number of aromatic nitrogens is 1. The minimum Gasteiger partial charge on any atom is -0.311 e. The van der Waals surface area contributed by atoms with Crippen molar-refractivity contribution in [3.05, 3.63) is 46.2 Å². The summed E-state index contributed by atoms with van der Waals surface area (Å²) >= 11 is 0. The summed E-state index contributed by atoms with van der Waals surface area (Å²) in [5.41, 5.74) is 1.96. The second kappa shape index (κ2) is 4.79. The van der Waals surface area contributed by atoms with E-state index in [1.54, 1.807) is 4.57 Å². The van der Waals surface area contributed by atoms with Crippen molar-refractivity contribution in [1.82, 2.24) is 14.8 Å². The Balaban J connectivity index is 2.13. The first-order chi connectivity index (χ1) is 9.16. The molecular weight excluding hydrogens is 238 g/mol. The molecule has 0 amide bonds. The molecule has 1 aromatic carbocycles. The SMILES string of the molecule is CN1CCNC(c2cc3ccccc3n(C)c2=O)C1. The molecule has 0 aliphatic carbocycles. The summed E-state index contributed by atoms with van der Waals surface area (Å²) < 4.78 is 1.75. The minimum atomic E-state index is 0.103. The van der Waals surface area contributed by atoms with Crippen LogP contribution in [0.5, 0.6) is 0 Å². The van der Waals surface area contributed by atoms with E-state index in [0.717, 1.165) is 36.1 Å². The van der Waals surface area contributed by atoms with Crippen LogP contribution in [0, 0.1) is 0 Å². The van der Waals surface area contributed by atoms with Crippen molar-refractivity contribution in [2.45, 2.75) is 6.04 Å². The normalized spacial score (nSPS) is 20.8. The number of benzene rings is 1. The van der Waals surface area contributed by atoms with Gasteiger partial charge in [0.05, 0.1) is 11.6 Å². The van der Waals surface area contributed by atoms with E-state index >= 15 is 0 Å². The zero-order chi connectivity index (χ0) is 13.4. The van der Waals surface area contributed by atoms with Crippen molar-refractivity contribution in [1.29, 1.82) is 0 Å². The number of hydrogen-bond acceptors (Lipinski definition) is 3. The zero-order valence-electron chi connectivity index (χ0n) is 11.4. The molecule has 4 heteroatoms. The third-order valence-corrected chi connectivity index (χ3v) is 3.91. The van der Waals surface area contributed by atoms with Crippen molar-refractivity contribution >= 4 is 10.9 Å². The molecule has 100 valence electrons. The third-order valence-electron chi connectivity index (χ3n) is 3.91. The highest BCUT2D eigenvalue weighted by Crippen LogP contribution is 2.18. The number of rotatable bonds is 1. The largest absolute Gasteiger partial charge is 0.311 e. The fraction of sp³-hybridized carbons (Fsp3) is 0.400. The fourth-order valence-corrected chi connectivity index (χ4v) is 2.80. The van der Waals surface area contributed by atoms with Crippen LogP contribution in [-0.4, -0.2) is 36.1 Å². The number of nitrogens with one attached hydrogen (secondary N) is 1. The van der Waals surface area contributed by atoms with Gasteiger partial charge in [-0.3, -0.25) is 4.79 Å². The first-order valence-electron chi connectivity index (χ1n) is 6.67. The number of nitrogens with zero attached hydrogens (tertiary/aromatic N) is 2. The maximum absolute atomic E-state index is 12.5. The number of para-hydroxylation sites is 1. The molecule has 1 unspecified atom stereocenters. The van der Waals surface area contributed by atoms with Crippen molar-refractivity contribution in [3.8, 4) is 0 Å². The molecule has 1 N–H and O–H groups in total. The summed E-state index contributed by atoms with van der Waals surface area (Å²) in [5, 5.41) is 4.56. The number of aryl methyl sites for hydroxylation is 1. The van der Waals surface area contributed by atoms with E-state index in [1.807, 2.05) is 31.3 Å². The molecule has 0 bridgehead atoms. The lowest BCUT2D eigenvalue weighted by Gasteiger charge is -2.31. The topological polar surface area (TPSA) is 37.3 Å². The molecule has 4 nitrogen and oxygen atoms in total. The van der Waals surface area contributed by atoms with Gasteiger partial charge in [-0.05, 0) is 24.6 Å². The predicted octanol–water partition coefficient (Wildman–Crippen LogP) is 1.11. The van der Waals surface area contributed by atoms with Crippen LogP contribution in [0.25, 0.3) is 10.9 Å². The molecule has 0 saturated carbocycles. The van der Waals surface area contributed by atoms with E-state index in [4.69, 9.17) is 0 Å². The molecule has 1 aliphatic heterocycles. The Hall–Kier alpha value is -1.65. The number of likely N-dealkylation sites (N-methyl/N-ethyl adjacent to an activating group) is 1. The van der Waals surface area contributed by atoms with E-state index in [9.17, 15) is 4.79 Å². The molecule has 0 radical (unpaired) electrons. The summed E-state index contributed by atoms with van der Waals surface area (Å²) in [6.07, 6.45) is 0. The van der Waals surface area contributed by atoms with Crippen molar-refractivity contribution in [2.24, 2.45) is 7.05 Å². The number of fused-ring (bicyclic) bond motifs is 1. The number of hydrogen-bond donors (Lipinski definition) is 1. The molecule has 1 atom stereocenters. The van der Waals surface area contributed by atoms with Crippen LogP contribution in [0.2, 0.25) is 0 Å². The Morgan fingerprint density at radius 1 is 1.26 bits per heavy atom. The van der Waals surface area contributed by atoms with Gasteiger partial charge >= 0.3 is 0 Å². The van der Waals surface area contributed by atoms with E-state index in [-0.39, 0.29) is 11.6 Å². The lowest BCUT2D eigenvalue weighted by atomic mass is 10.0. The lowest BCUT2D eigenvalue weighted by molar-refractivity contribution is 0.240. The summed E-state index contributed by atoms with van der Waals surface area (Å²) in [7, 11) is 3.94. The lowest BCUT2D eigenvalue weighted by Crippen LogP contribution is -2.45. The molecule has 2 aromatic rings. The predicted molar refractivity (Wildman–Crippen MR) is 77.4 cm³/mol. The van der Waals surface area contributed by atoms with Gasteiger partial charge in [0.25, 0.3) is 5.56 Å². The van der Waals surface area contributed by atoms with Gasteiger partial charge in [-0.15, -0.1) is 0 Å². The fourth-order valence-electron chi connectivity index (χ4n) is 2.80. The number of pyridine rings is 1. The Bertz CT molecular complexity index is 662. The quantitative estimate of drug-likeness (QED) is 0.831.